The first-order chi connectivity index (χ1) is 6.24. The Morgan fingerprint density at radius 3 is 2.77 bits per heavy atom. The largest absolute Gasteiger partial charge is 0.367 e. The Morgan fingerprint density at radius 2 is 2.23 bits per heavy atom. The SMILES string of the molecule is Cc1nc(Br)cc(NC2CCC2)n1. The summed E-state index contributed by atoms with van der Waals surface area (Å²) in [7, 11) is 0. The summed E-state index contributed by atoms with van der Waals surface area (Å²) < 4.78 is 0.849. The molecule has 0 saturated heterocycles. The van der Waals surface area contributed by atoms with Gasteiger partial charge in [-0.15, -0.1) is 0 Å². The number of hydrogen-bond acceptors (Lipinski definition) is 3. The monoisotopic (exact) mass is 241 g/mol. The number of anilines is 1. The van der Waals surface area contributed by atoms with Crippen LogP contribution in [0.4, 0.5) is 5.82 Å². The zero-order valence-electron chi connectivity index (χ0n) is 7.55. The third kappa shape index (κ3) is 2.18. The van der Waals surface area contributed by atoms with Crippen LogP contribution in [0.1, 0.15) is 25.1 Å². The van der Waals surface area contributed by atoms with Crippen LogP contribution in [0, 0.1) is 6.92 Å². The van der Waals surface area contributed by atoms with E-state index in [9.17, 15) is 0 Å². The van der Waals surface area contributed by atoms with Crippen molar-refractivity contribution in [1.82, 2.24) is 9.97 Å². The van der Waals surface area contributed by atoms with E-state index in [4.69, 9.17) is 0 Å². The molecular weight excluding hydrogens is 230 g/mol. The Hall–Kier alpha value is -0.640. The van der Waals surface area contributed by atoms with Gasteiger partial charge in [-0.2, -0.15) is 0 Å². The van der Waals surface area contributed by atoms with Gasteiger partial charge in [0.1, 0.15) is 16.2 Å². The Labute approximate surface area is 86.1 Å². The lowest BCUT2D eigenvalue weighted by atomic mass is 9.93. The van der Waals surface area contributed by atoms with Crippen molar-refractivity contribution in [2.75, 3.05) is 5.32 Å². The van der Waals surface area contributed by atoms with Crippen molar-refractivity contribution >= 4 is 21.7 Å². The van der Waals surface area contributed by atoms with Gasteiger partial charge in [-0.3, -0.25) is 0 Å². The molecule has 0 aromatic carbocycles. The zero-order chi connectivity index (χ0) is 9.26. The van der Waals surface area contributed by atoms with Gasteiger partial charge in [0, 0.05) is 12.1 Å². The van der Waals surface area contributed by atoms with Crippen LogP contribution in [-0.4, -0.2) is 16.0 Å². The van der Waals surface area contributed by atoms with Gasteiger partial charge in [0.05, 0.1) is 0 Å². The summed E-state index contributed by atoms with van der Waals surface area (Å²) in [5, 5.41) is 3.38. The topological polar surface area (TPSA) is 37.8 Å². The fourth-order valence-corrected chi connectivity index (χ4v) is 1.84. The van der Waals surface area contributed by atoms with Crippen LogP contribution in [0.15, 0.2) is 10.7 Å². The average molecular weight is 242 g/mol. The minimum atomic E-state index is 0.626. The van der Waals surface area contributed by atoms with E-state index in [2.05, 4.69) is 31.2 Å². The third-order valence-corrected chi connectivity index (χ3v) is 2.67. The quantitative estimate of drug-likeness (QED) is 0.809. The number of halogens is 1. The lowest BCUT2D eigenvalue weighted by Gasteiger charge is -2.26. The van der Waals surface area contributed by atoms with Gasteiger partial charge in [0.25, 0.3) is 0 Å². The Bertz CT molecular complexity index is 289. The average Bonchev–Trinajstić information content (AvgIpc) is 1.95. The molecule has 1 N–H and O–H groups in total. The van der Waals surface area contributed by atoms with E-state index in [1.165, 1.54) is 19.3 Å². The molecule has 1 aromatic rings. The summed E-state index contributed by atoms with van der Waals surface area (Å²) in [5.41, 5.74) is 0. The number of aromatic nitrogens is 2. The summed E-state index contributed by atoms with van der Waals surface area (Å²) in [5.74, 6) is 1.74. The number of hydrogen-bond donors (Lipinski definition) is 1. The van der Waals surface area contributed by atoms with Crippen molar-refractivity contribution in [3.05, 3.63) is 16.5 Å². The van der Waals surface area contributed by atoms with E-state index >= 15 is 0 Å². The van der Waals surface area contributed by atoms with E-state index in [0.717, 1.165) is 16.2 Å². The van der Waals surface area contributed by atoms with E-state index < -0.39 is 0 Å². The standard InChI is InChI=1S/C9H12BrN3/c1-6-11-8(10)5-9(12-6)13-7-3-2-4-7/h5,7H,2-4H2,1H3,(H,11,12,13). The molecule has 70 valence electrons. The first-order valence-corrected chi connectivity index (χ1v) is 5.31. The lowest BCUT2D eigenvalue weighted by Crippen LogP contribution is -2.27. The second-order valence-electron chi connectivity index (χ2n) is 3.40. The zero-order valence-corrected chi connectivity index (χ0v) is 9.13. The minimum absolute atomic E-state index is 0.626. The van der Waals surface area contributed by atoms with Crippen LogP contribution < -0.4 is 5.32 Å². The molecule has 1 heterocycles. The molecule has 1 saturated carbocycles. The van der Waals surface area contributed by atoms with Gasteiger partial charge >= 0.3 is 0 Å². The molecule has 0 bridgehead atoms. The molecular formula is C9H12BrN3. The van der Waals surface area contributed by atoms with Gasteiger partial charge in [-0.1, -0.05) is 0 Å². The summed E-state index contributed by atoms with van der Waals surface area (Å²) in [4.78, 5) is 8.45. The Kier molecular flexibility index (Phi) is 2.49. The number of nitrogens with zero attached hydrogens (tertiary/aromatic N) is 2. The second-order valence-corrected chi connectivity index (χ2v) is 4.21. The van der Waals surface area contributed by atoms with E-state index in [1.807, 2.05) is 13.0 Å². The van der Waals surface area contributed by atoms with Gasteiger partial charge < -0.3 is 5.32 Å². The van der Waals surface area contributed by atoms with Crippen LogP contribution in [0.3, 0.4) is 0 Å². The molecule has 13 heavy (non-hydrogen) atoms. The van der Waals surface area contributed by atoms with Gasteiger partial charge in [-0.05, 0) is 42.1 Å². The molecule has 3 nitrogen and oxygen atoms in total. The van der Waals surface area contributed by atoms with Crippen LogP contribution in [0.5, 0.6) is 0 Å². The predicted molar refractivity (Wildman–Crippen MR) is 55.7 cm³/mol. The smallest absolute Gasteiger partial charge is 0.131 e. The maximum absolute atomic E-state index is 4.30. The molecule has 0 atom stereocenters. The third-order valence-electron chi connectivity index (χ3n) is 2.26. The highest BCUT2D eigenvalue weighted by molar-refractivity contribution is 9.10. The normalized spacial score (nSPS) is 16.8. The maximum Gasteiger partial charge on any atom is 0.131 e. The molecule has 0 amide bonds. The second kappa shape index (κ2) is 3.62. The molecule has 0 aliphatic heterocycles. The molecule has 2 rings (SSSR count). The molecule has 0 radical (unpaired) electrons. The summed E-state index contributed by atoms with van der Waals surface area (Å²) >= 11 is 3.35. The molecule has 0 spiro atoms. The van der Waals surface area contributed by atoms with Gasteiger partial charge in [0.15, 0.2) is 0 Å². The van der Waals surface area contributed by atoms with Crippen LogP contribution in [0.25, 0.3) is 0 Å². The maximum atomic E-state index is 4.30. The van der Waals surface area contributed by atoms with Crippen molar-refractivity contribution < 1.29 is 0 Å². The predicted octanol–water partition coefficient (Wildman–Crippen LogP) is 2.51. The summed E-state index contributed by atoms with van der Waals surface area (Å²) in [6, 6.07) is 2.55. The van der Waals surface area contributed by atoms with Crippen molar-refractivity contribution in [2.24, 2.45) is 0 Å². The highest BCUT2D eigenvalue weighted by Crippen LogP contribution is 2.23. The van der Waals surface area contributed by atoms with Crippen molar-refractivity contribution in [3.8, 4) is 0 Å². The Balaban J connectivity index is 2.10. The molecule has 0 unspecified atom stereocenters. The molecule has 1 fully saturated rings. The van der Waals surface area contributed by atoms with Gasteiger partial charge in [0.2, 0.25) is 0 Å². The molecule has 4 heteroatoms. The number of aryl methyl sites for hydroxylation is 1. The molecule has 1 aliphatic rings. The fourth-order valence-electron chi connectivity index (χ4n) is 1.37. The highest BCUT2D eigenvalue weighted by atomic mass is 79.9. The summed E-state index contributed by atoms with van der Waals surface area (Å²) in [6.07, 6.45) is 3.87. The van der Waals surface area contributed by atoms with Crippen molar-refractivity contribution in [2.45, 2.75) is 32.2 Å². The number of nitrogens with one attached hydrogen (secondary N) is 1. The first-order valence-electron chi connectivity index (χ1n) is 4.52. The van der Waals surface area contributed by atoms with Crippen LogP contribution in [-0.2, 0) is 0 Å². The van der Waals surface area contributed by atoms with Crippen molar-refractivity contribution in [1.29, 1.82) is 0 Å². The molecule has 1 aliphatic carbocycles. The van der Waals surface area contributed by atoms with Crippen LogP contribution in [0.2, 0.25) is 0 Å². The highest BCUT2D eigenvalue weighted by Gasteiger charge is 2.17. The molecule has 1 aromatic heterocycles. The van der Waals surface area contributed by atoms with Crippen molar-refractivity contribution in [3.63, 3.8) is 0 Å². The fraction of sp³-hybridized carbons (Fsp3) is 0.556. The number of rotatable bonds is 2. The summed E-state index contributed by atoms with van der Waals surface area (Å²) in [6.45, 7) is 1.90. The van der Waals surface area contributed by atoms with E-state index in [1.54, 1.807) is 0 Å². The van der Waals surface area contributed by atoms with Crippen LogP contribution >= 0.6 is 15.9 Å². The van der Waals surface area contributed by atoms with E-state index in [0.29, 0.717) is 6.04 Å². The van der Waals surface area contributed by atoms with Gasteiger partial charge in [-0.25, -0.2) is 9.97 Å². The lowest BCUT2D eigenvalue weighted by molar-refractivity contribution is 0.444. The Morgan fingerprint density at radius 1 is 1.46 bits per heavy atom. The first kappa shape index (κ1) is 8.94. The minimum Gasteiger partial charge on any atom is -0.367 e. The van der Waals surface area contributed by atoms with E-state index in [-0.39, 0.29) is 0 Å².